The van der Waals surface area contributed by atoms with Crippen LogP contribution in [-0.2, 0) is 5.41 Å². The lowest BCUT2D eigenvalue weighted by Gasteiger charge is -2.23. The van der Waals surface area contributed by atoms with Crippen molar-refractivity contribution in [1.29, 1.82) is 0 Å². The van der Waals surface area contributed by atoms with Crippen LogP contribution in [0.2, 0.25) is 0 Å². The van der Waals surface area contributed by atoms with Crippen LogP contribution in [-0.4, -0.2) is 10.2 Å². The molecular weight excluding hydrogens is 446 g/mol. The largest absolute Gasteiger partial charge is 0.456 e. The Morgan fingerprint density at radius 3 is 2.51 bits per heavy atom. The van der Waals surface area contributed by atoms with Gasteiger partial charge in [0.2, 0.25) is 0 Å². The number of fused-ring (bicyclic) bond motifs is 6. The first-order chi connectivity index (χ1) is 16.7. The van der Waals surface area contributed by atoms with E-state index in [9.17, 15) is 0 Å². The third kappa shape index (κ3) is 3.67. The van der Waals surface area contributed by atoms with Gasteiger partial charge in [0.25, 0.3) is 0 Å². The van der Waals surface area contributed by atoms with E-state index >= 15 is 0 Å². The van der Waals surface area contributed by atoms with Crippen molar-refractivity contribution >= 4 is 44.5 Å². The van der Waals surface area contributed by atoms with Crippen LogP contribution in [0, 0.1) is 5.92 Å². The summed E-state index contributed by atoms with van der Waals surface area (Å²) in [7, 11) is 0. The van der Waals surface area contributed by atoms with Crippen molar-refractivity contribution < 1.29 is 4.42 Å². The van der Waals surface area contributed by atoms with Crippen molar-refractivity contribution in [3.8, 4) is 11.3 Å². The molecule has 0 fully saturated rings. The van der Waals surface area contributed by atoms with Crippen LogP contribution in [0.3, 0.4) is 0 Å². The molecule has 2 atom stereocenters. The van der Waals surface area contributed by atoms with Gasteiger partial charge in [0.15, 0.2) is 0 Å². The van der Waals surface area contributed by atoms with Gasteiger partial charge in [-0.1, -0.05) is 71.9 Å². The number of pyridine rings is 1. The number of furan rings is 1. The highest BCUT2D eigenvalue weighted by Gasteiger charge is 2.33. The maximum Gasteiger partial charge on any atom is 0.139 e. The van der Waals surface area contributed by atoms with Gasteiger partial charge in [-0.15, -0.1) is 11.8 Å². The van der Waals surface area contributed by atoms with Crippen LogP contribution in [0.4, 0.5) is 0 Å². The first-order valence-corrected chi connectivity index (χ1v) is 13.6. The van der Waals surface area contributed by atoms with E-state index in [1.807, 2.05) is 24.0 Å². The van der Waals surface area contributed by atoms with Crippen molar-refractivity contribution in [2.24, 2.45) is 5.92 Å². The smallest absolute Gasteiger partial charge is 0.139 e. The molecule has 6 rings (SSSR count). The summed E-state index contributed by atoms with van der Waals surface area (Å²) in [6.07, 6.45) is 3.11. The molecule has 0 saturated heterocycles. The van der Waals surface area contributed by atoms with Gasteiger partial charge >= 0.3 is 0 Å². The van der Waals surface area contributed by atoms with Gasteiger partial charge < -0.3 is 4.42 Å². The number of nitrogens with zero attached hydrogens (tertiary/aromatic N) is 1. The molecule has 5 aromatic rings. The molecule has 2 aromatic heterocycles. The van der Waals surface area contributed by atoms with Gasteiger partial charge in [0.05, 0.1) is 11.1 Å². The number of rotatable bonds is 3. The molecule has 0 saturated carbocycles. The zero-order chi connectivity index (χ0) is 24.5. The number of hydrogen-bond donors (Lipinski definition) is 0. The Morgan fingerprint density at radius 2 is 1.74 bits per heavy atom. The SMILES string of the molecule is CC(C)CC1c2ccc3oc4ccnc(-c5cc(C(C)(C)C)c6ccccc6c5)c4c3c2SC1C. The third-order valence-electron chi connectivity index (χ3n) is 7.47. The molecule has 3 heteroatoms. The Balaban J connectivity index is 1.65. The Labute approximate surface area is 212 Å². The van der Waals surface area contributed by atoms with E-state index in [2.05, 4.69) is 90.1 Å². The molecule has 0 bridgehead atoms. The minimum absolute atomic E-state index is 0.0264. The Bertz CT molecular complexity index is 1590. The molecule has 0 amide bonds. The lowest BCUT2D eigenvalue weighted by molar-refractivity contribution is 0.499. The maximum absolute atomic E-state index is 6.42. The summed E-state index contributed by atoms with van der Waals surface area (Å²) in [5, 5.41) is 5.53. The molecule has 0 aliphatic carbocycles. The fraction of sp³-hybridized carbons (Fsp3) is 0.344. The van der Waals surface area contributed by atoms with Crippen LogP contribution in [0.5, 0.6) is 0 Å². The second-order valence-electron chi connectivity index (χ2n) is 11.5. The first-order valence-electron chi connectivity index (χ1n) is 12.8. The molecule has 178 valence electrons. The molecule has 1 aliphatic heterocycles. The molecule has 2 nitrogen and oxygen atoms in total. The van der Waals surface area contributed by atoms with E-state index in [0.717, 1.165) is 27.8 Å². The summed E-state index contributed by atoms with van der Waals surface area (Å²) in [6.45, 7) is 13.9. The fourth-order valence-electron chi connectivity index (χ4n) is 5.84. The zero-order valence-corrected chi connectivity index (χ0v) is 22.3. The highest BCUT2D eigenvalue weighted by molar-refractivity contribution is 8.00. The summed E-state index contributed by atoms with van der Waals surface area (Å²) in [4.78, 5) is 6.37. The number of aromatic nitrogens is 1. The van der Waals surface area contributed by atoms with E-state index in [0.29, 0.717) is 17.1 Å². The van der Waals surface area contributed by atoms with Crippen molar-refractivity contribution in [3.63, 3.8) is 0 Å². The first kappa shape index (κ1) is 22.7. The Kier molecular flexibility index (Phi) is 5.27. The molecule has 3 heterocycles. The van der Waals surface area contributed by atoms with Gasteiger partial charge in [-0.25, -0.2) is 0 Å². The average molecular weight is 480 g/mol. The van der Waals surface area contributed by atoms with Gasteiger partial charge in [-0.05, 0) is 69.8 Å². The van der Waals surface area contributed by atoms with Crippen LogP contribution in [0.1, 0.15) is 65.0 Å². The lowest BCUT2D eigenvalue weighted by Crippen LogP contribution is -2.12. The minimum atomic E-state index is 0.0264. The summed E-state index contributed by atoms with van der Waals surface area (Å²) >= 11 is 2.02. The van der Waals surface area contributed by atoms with Gasteiger partial charge in [0.1, 0.15) is 11.2 Å². The number of thioether (sulfide) groups is 1. The number of benzene rings is 3. The van der Waals surface area contributed by atoms with Crippen LogP contribution in [0.15, 0.2) is 70.1 Å². The molecule has 0 N–H and O–H groups in total. The third-order valence-corrected chi connectivity index (χ3v) is 8.85. The van der Waals surface area contributed by atoms with Crippen LogP contribution in [0.25, 0.3) is 44.0 Å². The van der Waals surface area contributed by atoms with Crippen molar-refractivity contribution in [1.82, 2.24) is 4.98 Å². The van der Waals surface area contributed by atoms with Crippen LogP contribution < -0.4 is 0 Å². The molecule has 0 spiro atoms. The number of hydrogen-bond acceptors (Lipinski definition) is 3. The molecule has 1 aliphatic rings. The average Bonchev–Trinajstić information content (AvgIpc) is 3.34. The van der Waals surface area contributed by atoms with Gasteiger partial charge in [-0.3, -0.25) is 4.98 Å². The second-order valence-corrected chi connectivity index (χ2v) is 12.9. The molecule has 0 radical (unpaired) electrons. The van der Waals surface area contributed by atoms with Gasteiger partial charge in [0, 0.05) is 27.3 Å². The minimum Gasteiger partial charge on any atom is -0.456 e. The summed E-state index contributed by atoms with van der Waals surface area (Å²) < 4.78 is 6.42. The monoisotopic (exact) mass is 479 g/mol. The maximum atomic E-state index is 6.42. The van der Waals surface area contributed by atoms with E-state index < -0.39 is 0 Å². The van der Waals surface area contributed by atoms with E-state index in [1.54, 1.807) is 0 Å². The molecule has 3 aromatic carbocycles. The highest BCUT2D eigenvalue weighted by Crippen LogP contribution is 2.53. The molecule has 35 heavy (non-hydrogen) atoms. The van der Waals surface area contributed by atoms with E-state index in [-0.39, 0.29) is 5.41 Å². The van der Waals surface area contributed by atoms with E-state index in [4.69, 9.17) is 9.40 Å². The standard InChI is InChI=1S/C32H33NOS/c1-18(2)15-24-19(3)35-31-23(24)11-12-26-29(31)28-27(34-26)13-14-33-30(28)21-16-20-9-7-8-10-22(20)25(17-21)32(4,5)6/h7-14,16-19,24H,15H2,1-6H3. The van der Waals surface area contributed by atoms with Crippen LogP contribution >= 0.6 is 11.8 Å². The molecule has 2 unspecified atom stereocenters. The normalized spacial score (nSPS) is 18.3. The predicted octanol–water partition coefficient (Wildman–Crippen LogP) is 9.72. The summed E-state index contributed by atoms with van der Waals surface area (Å²) in [5.41, 5.74) is 6.93. The Morgan fingerprint density at radius 1 is 0.971 bits per heavy atom. The Hall–Kier alpha value is -2.78. The quantitative estimate of drug-likeness (QED) is 0.257. The summed E-state index contributed by atoms with van der Waals surface area (Å²) in [6, 6.07) is 19.9. The topological polar surface area (TPSA) is 26.0 Å². The van der Waals surface area contributed by atoms with Crippen molar-refractivity contribution in [2.75, 3.05) is 0 Å². The lowest BCUT2D eigenvalue weighted by atomic mass is 9.82. The highest BCUT2D eigenvalue weighted by atomic mass is 32.2. The predicted molar refractivity (Wildman–Crippen MR) is 151 cm³/mol. The van der Waals surface area contributed by atoms with Crippen molar-refractivity contribution in [2.45, 2.75) is 69.4 Å². The molecular formula is C32H33NOS. The zero-order valence-electron chi connectivity index (χ0n) is 21.5. The van der Waals surface area contributed by atoms with Gasteiger partial charge in [-0.2, -0.15) is 0 Å². The fourth-order valence-corrected chi connectivity index (χ4v) is 7.31. The van der Waals surface area contributed by atoms with Crippen molar-refractivity contribution in [3.05, 3.63) is 71.9 Å². The second kappa shape index (κ2) is 8.13. The summed E-state index contributed by atoms with van der Waals surface area (Å²) in [5.74, 6) is 1.26. The van der Waals surface area contributed by atoms with E-state index in [1.165, 1.54) is 38.6 Å².